The van der Waals surface area contributed by atoms with Gasteiger partial charge in [-0.1, -0.05) is 35.9 Å². The molecule has 1 aromatic carbocycles. The van der Waals surface area contributed by atoms with Crippen LogP contribution in [0.15, 0.2) is 30.3 Å². The highest BCUT2D eigenvalue weighted by molar-refractivity contribution is 5.34. The summed E-state index contributed by atoms with van der Waals surface area (Å²) in [7, 11) is 0. The van der Waals surface area contributed by atoms with Crippen LogP contribution in [0.4, 0.5) is 35.7 Å². The van der Waals surface area contributed by atoms with Gasteiger partial charge >= 0.3 is 0 Å². The highest BCUT2D eigenvalue weighted by atomic mass is 15.2. The van der Waals surface area contributed by atoms with Gasteiger partial charge in [0.15, 0.2) is 0 Å². The molecule has 0 bridgehead atoms. The molecule has 0 saturated carbocycles. The number of rotatable bonds is 0. The fraction of sp³-hybridized carbons (Fsp3) is 0.0769. The van der Waals surface area contributed by atoms with Crippen LogP contribution in [0.2, 0.25) is 0 Å². The molecule has 12 heteroatoms. The van der Waals surface area contributed by atoms with Crippen molar-refractivity contribution in [2.75, 3.05) is 34.4 Å². The number of hydrogen-bond acceptors (Lipinski definition) is 12. The molecule has 0 aliphatic carbocycles. The molecule has 0 radical (unpaired) electrons. The standard InChI is InChI=1S/C7H8.2C3H6N6/c1-7-5-3-2-4-6-7;2*4-1-7-2(5)9-3(6)8-1/h2-6H,1H3;2*(H6,4,5,6,7,8,9). The second-order valence-corrected chi connectivity index (χ2v) is 4.47. The Kier molecular flexibility index (Phi) is 7.05. The number of aryl methyl sites for hydroxylation is 1. The summed E-state index contributed by atoms with van der Waals surface area (Å²) in [5, 5.41) is 0. The summed E-state index contributed by atoms with van der Waals surface area (Å²) in [5.41, 5.74) is 32.1. The van der Waals surface area contributed by atoms with Crippen LogP contribution < -0.4 is 34.4 Å². The zero-order valence-electron chi connectivity index (χ0n) is 13.5. The molecule has 12 N–H and O–H groups in total. The lowest BCUT2D eigenvalue weighted by molar-refractivity contribution is 1.09. The molecule has 0 fully saturated rings. The van der Waals surface area contributed by atoms with Crippen LogP contribution in [0, 0.1) is 6.92 Å². The van der Waals surface area contributed by atoms with E-state index in [1.165, 1.54) is 5.56 Å². The third kappa shape index (κ3) is 8.29. The molecule has 25 heavy (non-hydrogen) atoms. The predicted octanol–water partition coefficient (Wildman–Crippen LogP) is -0.769. The summed E-state index contributed by atoms with van der Waals surface area (Å²) >= 11 is 0. The number of benzene rings is 1. The molecular weight excluding hydrogens is 324 g/mol. The molecule has 0 unspecified atom stereocenters. The first kappa shape index (κ1) is 19.1. The van der Waals surface area contributed by atoms with Crippen molar-refractivity contribution >= 4 is 35.7 Å². The molecule has 0 aliphatic heterocycles. The number of anilines is 6. The van der Waals surface area contributed by atoms with Gasteiger partial charge in [0.25, 0.3) is 0 Å². The fourth-order valence-electron chi connectivity index (χ4n) is 1.39. The largest absolute Gasteiger partial charge is 0.368 e. The topological polar surface area (TPSA) is 233 Å². The van der Waals surface area contributed by atoms with Crippen molar-refractivity contribution in [2.24, 2.45) is 0 Å². The highest BCUT2D eigenvalue weighted by Crippen LogP contribution is 1.98. The van der Waals surface area contributed by atoms with E-state index in [0.29, 0.717) is 0 Å². The number of hydrogen-bond donors (Lipinski definition) is 6. The first-order chi connectivity index (χ1) is 11.8. The van der Waals surface area contributed by atoms with Crippen molar-refractivity contribution in [2.45, 2.75) is 6.92 Å². The third-order valence-corrected chi connectivity index (χ3v) is 2.32. The van der Waals surface area contributed by atoms with E-state index in [4.69, 9.17) is 34.4 Å². The summed E-state index contributed by atoms with van der Waals surface area (Å²) in [4.78, 5) is 20.9. The summed E-state index contributed by atoms with van der Waals surface area (Å²) in [6, 6.07) is 10.3. The van der Waals surface area contributed by atoms with E-state index < -0.39 is 0 Å². The van der Waals surface area contributed by atoms with Gasteiger partial charge in [0.05, 0.1) is 0 Å². The maximum atomic E-state index is 5.14. The average molecular weight is 344 g/mol. The van der Waals surface area contributed by atoms with Gasteiger partial charge in [0.2, 0.25) is 35.7 Å². The minimum atomic E-state index is 0.0417. The monoisotopic (exact) mass is 344 g/mol. The van der Waals surface area contributed by atoms with Crippen LogP contribution in [-0.4, -0.2) is 29.9 Å². The van der Waals surface area contributed by atoms with Crippen molar-refractivity contribution in [3.8, 4) is 0 Å². The first-order valence-electron chi connectivity index (χ1n) is 6.83. The van der Waals surface area contributed by atoms with Crippen molar-refractivity contribution in [3.63, 3.8) is 0 Å². The summed E-state index contributed by atoms with van der Waals surface area (Å²) in [5.74, 6) is 0.250. The Hall–Kier alpha value is -3.96. The molecule has 0 saturated heterocycles. The molecular formula is C13H20N12. The van der Waals surface area contributed by atoms with Gasteiger partial charge in [-0.15, -0.1) is 0 Å². The minimum absolute atomic E-state index is 0.0417. The fourth-order valence-corrected chi connectivity index (χ4v) is 1.39. The summed E-state index contributed by atoms with van der Waals surface area (Å²) in [6.07, 6.45) is 0. The lowest BCUT2D eigenvalue weighted by atomic mass is 10.2. The molecule has 0 spiro atoms. The quantitative estimate of drug-likeness (QED) is 0.295. The van der Waals surface area contributed by atoms with E-state index in [-0.39, 0.29) is 35.7 Å². The smallest absolute Gasteiger partial charge is 0.226 e. The normalized spacial score (nSPS) is 9.16. The van der Waals surface area contributed by atoms with Gasteiger partial charge in [-0.2, -0.15) is 29.9 Å². The van der Waals surface area contributed by atoms with Crippen LogP contribution in [0.3, 0.4) is 0 Å². The number of aromatic nitrogens is 6. The predicted molar refractivity (Wildman–Crippen MR) is 97.3 cm³/mol. The molecule has 132 valence electrons. The molecule has 0 atom stereocenters. The molecule has 0 aliphatic rings. The maximum Gasteiger partial charge on any atom is 0.226 e. The molecule has 12 nitrogen and oxygen atoms in total. The van der Waals surface area contributed by atoms with Crippen LogP contribution in [-0.2, 0) is 0 Å². The first-order valence-corrected chi connectivity index (χ1v) is 6.83. The van der Waals surface area contributed by atoms with E-state index in [2.05, 4.69) is 49.0 Å². The van der Waals surface area contributed by atoms with Crippen molar-refractivity contribution in [1.82, 2.24) is 29.9 Å². The van der Waals surface area contributed by atoms with Crippen molar-refractivity contribution in [3.05, 3.63) is 35.9 Å². The number of nitrogen functional groups attached to an aromatic ring is 6. The van der Waals surface area contributed by atoms with E-state index in [1.807, 2.05) is 18.2 Å². The van der Waals surface area contributed by atoms with Crippen LogP contribution in [0.25, 0.3) is 0 Å². The van der Waals surface area contributed by atoms with E-state index in [1.54, 1.807) is 0 Å². The van der Waals surface area contributed by atoms with Gasteiger partial charge in [-0.3, -0.25) is 0 Å². The Morgan fingerprint density at radius 3 is 0.880 bits per heavy atom. The molecule has 3 rings (SSSR count). The average Bonchev–Trinajstić information content (AvgIpc) is 2.46. The maximum absolute atomic E-state index is 5.14. The van der Waals surface area contributed by atoms with Crippen LogP contribution in [0.5, 0.6) is 0 Å². The van der Waals surface area contributed by atoms with Gasteiger partial charge in [-0.05, 0) is 6.92 Å². The van der Waals surface area contributed by atoms with Gasteiger partial charge in [0.1, 0.15) is 0 Å². The molecule has 0 amide bonds. The highest BCUT2D eigenvalue weighted by Gasteiger charge is 1.94. The second kappa shape index (κ2) is 9.24. The lowest BCUT2D eigenvalue weighted by Gasteiger charge is -1.93. The van der Waals surface area contributed by atoms with E-state index >= 15 is 0 Å². The number of nitrogens with two attached hydrogens (primary N) is 6. The zero-order chi connectivity index (χ0) is 18.8. The van der Waals surface area contributed by atoms with E-state index in [0.717, 1.165) is 0 Å². The summed E-state index contributed by atoms with van der Waals surface area (Å²) < 4.78 is 0. The Bertz CT molecular complexity index is 642. The van der Waals surface area contributed by atoms with Gasteiger partial charge in [0, 0.05) is 0 Å². The Morgan fingerprint density at radius 1 is 0.480 bits per heavy atom. The Balaban J connectivity index is 0.000000189. The van der Waals surface area contributed by atoms with Crippen molar-refractivity contribution in [1.29, 1.82) is 0 Å². The lowest BCUT2D eigenvalue weighted by Crippen LogP contribution is -2.05. The molecule has 2 heterocycles. The van der Waals surface area contributed by atoms with Crippen LogP contribution >= 0.6 is 0 Å². The minimum Gasteiger partial charge on any atom is -0.368 e. The number of nitrogens with zero attached hydrogens (tertiary/aromatic N) is 6. The molecule has 3 aromatic rings. The van der Waals surface area contributed by atoms with Crippen LogP contribution in [0.1, 0.15) is 5.56 Å². The second-order valence-electron chi connectivity index (χ2n) is 4.47. The van der Waals surface area contributed by atoms with Crippen molar-refractivity contribution < 1.29 is 0 Å². The Labute approximate surface area is 143 Å². The Morgan fingerprint density at radius 2 is 0.720 bits per heavy atom. The SMILES string of the molecule is Cc1ccccc1.Nc1nc(N)nc(N)n1.Nc1nc(N)nc(N)n1. The third-order valence-electron chi connectivity index (χ3n) is 2.32. The van der Waals surface area contributed by atoms with Gasteiger partial charge < -0.3 is 34.4 Å². The van der Waals surface area contributed by atoms with Gasteiger partial charge in [-0.25, -0.2) is 0 Å². The van der Waals surface area contributed by atoms with E-state index in [9.17, 15) is 0 Å². The summed E-state index contributed by atoms with van der Waals surface area (Å²) in [6.45, 7) is 2.08. The zero-order valence-corrected chi connectivity index (χ0v) is 13.5. The molecule has 2 aromatic heterocycles.